The number of hydrogen-bond donors (Lipinski definition) is 0. The highest BCUT2D eigenvalue weighted by Gasteiger charge is 2.23. The predicted molar refractivity (Wildman–Crippen MR) is 131 cm³/mol. The summed E-state index contributed by atoms with van der Waals surface area (Å²) in [5, 5.41) is 0. The smallest absolute Gasteiger partial charge is 0.254 e. The van der Waals surface area contributed by atoms with Gasteiger partial charge in [-0.2, -0.15) is 0 Å². The molecule has 2 aromatic heterocycles. The Bertz CT molecular complexity index is 1450. The summed E-state index contributed by atoms with van der Waals surface area (Å²) in [7, 11) is 0. The second-order valence-electron chi connectivity index (χ2n) is 8.18. The van der Waals surface area contributed by atoms with Gasteiger partial charge in [0.15, 0.2) is 4.96 Å². The number of benzene rings is 3. The molecular weight excluding hydrogens is 435 g/mol. The summed E-state index contributed by atoms with van der Waals surface area (Å²) >= 11 is 1.56. The molecule has 5 aromatic rings. The summed E-state index contributed by atoms with van der Waals surface area (Å²) in [6.45, 7) is 3.08. The number of nitrogens with zero attached hydrogens (tertiary/aromatic N) is 4. The SMILES string of the molecule is O=C(c1ccc2c(c1)sc1nc(-c3ccc(F)cc3)cn12)N1CCN(c2ccccc2)CC1. The van der Waals surface area contributed by atoms with Crippen LogP contribution in [-0.2, 0) is 0 Å². The van der Waals surface area contributed by atoms with Crippen LogP contribution < -0.4 is 4.90 Å². The van der Waals surface area contributed by atoms with Gasteiger partial charge >= 0.3 is 0 Å². The van der Waals surface area contributed by atoms with Crippen molar-refractivity contribution in [3.8, 4) is 11.3 Å². The molecule has 0 spiro atoms. The number of anilines is 1. The second-order valence-corrected chi connectivity index (χ2v) is 9.19. The fourth-order valence-electron chi connectivity index (χ4n) is 4.38. The average Bonchev–Trinajstić information content (AvgIpc) is 3.42. The summed E-state index contributed by atoms with van der Waals surface area (Å²) in [4.78, 5) is 23.0. The van der Waals surface area contributed by atoms with E-state index in [1.54, 1.807) is 23.5 Å². The maximum Gasteiger partial charge on any atom is 0.254 e. The largest absolute Gasteiger partial charge is 0.368 e. The van der Waals surface area contributed by atoms with Crippen molar-refractivity contribution in [2.75, 3.05) is 31.1 Å². The second kappa shape index (κ2) is 8.01. The van der Waals surface area contributed by atoms with E-state index in [1.807, 2.05) is 51.9 Å². The van der Waals surface area contributed by atoms with Gasteiger partial charge in [-0.05, 0) is 54.6 Å². The van der Waals surface area contributed by atoms with Crippen LogP contribution in [0, 0.1) is 5.82 Å². The first kappa shape index (κ1) is 19.9. The Hall–Kier alpha value is -3.71. The molecule has 1 fully saturated rings. The van der Waals surface area contributed by atoms with E-state index in [4.69, 9.17) is 4.98 Å². The number of rotatable bonds is 3. The van der Waals surface area contributed by atoms with Gasteiger partial charge in [0.1, 0.15) is 5.82 Å². The Kier molecular flexibility index (Phi) is 4.84. The van der Waals surface area contributed by atoms with Gasteiger partial charge in [-0.25, -0.2) is 9.37 Å². The van der Waals surface area contributed by atoms with E-state index in [1.165, 1.54) is 17.8 Å². The normalized spacial score (nSPS) is 14.3. The highest BCUT2D eigenvalue weighted by molar-refractivity contribution is 7.23. The highest BCUT2D eigenvalue weighted by atomic mass is 32.1. The topological polar surface area (TPSA) is 40.9 Å². The number of thiazole rings is 1. The van der Waals surface area contributed by atoms with Crippen LogP contribution in [0.1, 0.15) is 10.4 Å². The summed E-state index contributed by atoms with van der Waals surface area (Å²) in [5.41, 5.74) is 4.61. The highest BCUT2D eigenvalue weighted by Crippen LogP contribution is 2.30. The maximum absolute atomic E-state index is 13.2. The monoisotopic (exact) mass is 456 g/mol. The molecule has 3 heterocycles. The number of hydrogen-bond acceptors (Lipinski definition) is 4. The first-order valence-electron chi connectivity index (χ1n) is 10.9. The van der Waals surface area contributed by atoms with E-state index in [2.05, 4.69) is 17.0 Å². The zero-order valence-electron chi connectivity index (χ0n) is 17.8. The number of amides is 1. The fraction of sp³-hybridized carbons (Fsp3) is 0.154. The molecular formula is C26H21FN4OS. The van der Waals surface area contributed by atoms with Crippen LogP contribution in [0.5, 0.6) is 0 Å². The lowest BCUT2D eigenvalue weighted by atomic mass is 10.1. The van der Waals surface area contributed by atoms with Crippen molar-refractivity contribution in [3.63, 3.8) is 0 Å². The van der Waals surface area contributed by atoms with Crippen molar-refractivity contribution in [1.82, 2.24) is 14.3 Å². The minimum absolute atomic E-state index is 0.0719. The lowest BCUT2D eigenvalue weighted by molar-refractivity contribution is 0.0747. The van der Waals surface area contributed by atoms with Crippen LogP contribution in [0.4, 0.5) is 10.1 Å². The number of para-hydroxylation sites is 1. The first-order chi connectivity index (χ1) is 16.2. The van der Waals surface area contributed by atoms with Crippen molar-refractivity contribution in [1.29, 1.82) is 0 Å². The van der Waals surface area contributed by atoms with Crippen molar-refractivity contribution in [3.05, 3.63) is 90.4 Å². The Balaban J connectivity index is 1.22. The minimum atomic E-state index is -0.260. The van der Waals surface area contributed by atoms with Gasteiger partial charge < -0.3 is 9.80 Å². The first-order valence-corrected chi connectivity index (χ1v) is 11.7. The van der Waals surface area contributed by atoms with E-state index in [0.29, 0.717) is 18.7 Å². The molecule has 0 aliphatic carbocycles. The lowest BCUT2D eigenvalue weighted by Gasteiger charge is -2.36. The molecule has 0 saturated carbocycles. The van der Waals surface area contributed by atoms with E-state index in [9.17, 15) is 9.18 Å². The molecule has 7 heteroatoms. The fourth-order valence-corrected chi connectivity index (χ4v) is 5.43. The Labute approximate surface area is 194 Å². The van der Waals surface area contributed by atoms with Crippen molar-refractivity contribution < 1.29 is 9.18 Å². The minimum Gasteiger partial charge on any atom is -0.368 e. The number of imidazole rings is 1. The molecule has 0 bridgehead atoms. The number of carbonyl (C=O) groups excluding carboxylic acids is 1. The predicted octanol–water partition coefficient (Wildman–Crippen LogP) is 5.32. The molecule has 1 saturated heterocycles. The zero-order chi connectivity index (χ0) is 22.4. The molecule has 1 aliphatic heterocycles. The number of halogens is 1. The van der Waals surface area contributed by atoms with Crippen molar-refractivity contribution in [2.24, 2.45) is 0 Å². The van der Waals surface area contributed by atoms with Gasteiger partial charge in [0.2, 0.25) is 0 Å². The number of carbonyl (C=O) groups is 1. The summed E-state index contributed by atoms with van der Waals surface area (Å²) in [6.07, 6.45) is 1.96. The van der Waals surface area contributed by atoms with E-state index < -0.39 is 0 Å². The van der Waals surface area contributed by atoms with E-state index >= 15 is 0 Å². The third-order valence-electron chi connectivity index (χ3n) is 6.17. The number of piperazine rings is 1. The Morgan fingerprint density at radius 1 is 0.909 bits per heavy atom. The van der Waals surface area contributed by atoms with Crippen molar-refractivity contribution in [2.45, 2.75) is 0 Å². The maximum atomic E-state index is 13.2. The van der Waals surface area contributed by atoms with E-state index in [-0.39, 0.29) is 11.7 Å². The average molecular weight is 457 g/mol. The molecule has 0 atom stereocenters. The standard InChI is InChI=1S/C26H21FN4OS/c27-20-9-6-18(7-10-20)22-17-31-23-11-8-19(16-24(23)33-26(31)28-22)25(32)30-14-12-29(13-15-30)21-4-2-1-3-5-21/h1-11,16-17H,12-15H2. The molecule has 3 aromatic carbocycles. The molecule has 0 N–H and O–H groups in total. The molecule has 1 aliphatic rings. The van der Waals surface area contributed by atoms with Crippen LogP contribution in [0.25, 0.3) is 26.4 Å². The summed E-state index contributed by atoms with van der Waals surface area (Å²) < 4.78 is 16.3. The summed E-state index contributed by atoms with van der Waals surface area (Å²) in [5.74, 6) is -0.188. The van der Waals surface area contributed by atoms with Crippen LogP contribution in [-0.4, -0.2) is 46.4 Å². The van der Waals surface area contributed by atoms with E-state index in [0.717, 1.165) is 39.5 Å². The van der Waals surface area contributed by atoms with Crippen LogP contribution in [0.2, 0.25) is 0 Å². The molecule has 0 unspecified atom stereocenters. The van der Waals surface area contributed by atoms with Gasteiger partial charge in [0.25, 0.3) is 5.91 Å². The molecule has 33 heavy (non-hydrogen) atoms. The molecule has 6 rings (SSSR count). The van der Waals surface area contributed by atoms with Gasteiger partial charge in [0.05, 0.1) is 15.9 Å². The Morgan fingerprint density at radius 3 is 2.42 bits per heavy atom. The molecule has 0 radical (unpaired) electrons. The van der Waals surface area contributed by atoms with Gasteiger partial charge in [-0.1, -0.05) is 29.5 Å². The van der Waals surface area contributed by atoms with Gasteiger partial charge in [0, 0.05) is 49.2 Å². The van der Waals surface area contributed by atoms with Crippen LogP contribution in [0.3, 0.4) is 0 Å². The van der Waals surface area contributed by atoms with Crippen molar-refractivity contribution >= 4 is 38.1 Å². The third-order valence-corrected chi connectivity index (χ3v) is 7.19. The molecule has 1 amide bonds. The molecule has 164 valence electrons. The number of fused-ring (bicyclic) bond motifs is 3. The van der Waals surface area contributed by atoms with Crippen LogP contribution in [0.15, 0.2) is 79.0 Å². The number of aromatic nitrogens is 2. The summed E-state index contributed by atoms with van der Waals surface area (Å²) in [6, 6.07) is 22.5. The molecule has 5 nitrogen and oxygen atoms in total. The quantitative estimate of drug-likeness (QED) is 0.369. The van der Waals surface area contributed by atoms with Gasteiger partial charge in [-0.15, -0.1) is 0 Å². The van der Waals surface area contributed by atoms with Crippen LogP contribution >= 0.6 is 11.3 Å². The Morgan fingerprint density at radius 2 is 1.67 bits per heavy atom. The van der Waals surface area contributed by atoms with Gasteiger partial charge in [-0.3, -0.25) is 9.20 Å². The third kappa shape index (κ3) is 3.64. The lowest BCUT2D eigenvalue weighted by Crippen LogP contribution is -2.48. The zero-order valence-corrected chi connectivity index (χ0v) is 18.6.